The molecule has 0 radical (unpaired) electrons. The highest BCUT2D eigenvalue weighted by molar-refractivity contribution is 5.68. The summed E-state index contributed by atoms with van der Waals surface area (Å²) < 4.78 is 5.59. The Balaban J connectivity index is 1.96. The number of carbonyl (C=O) groups is 1. The van der Waals surface area contributed by atoms with Crippen LogP contribution in [0.25, 0.3) is 0 Å². The maximum atomic E-state index is 12.6. The van der Waals surface area contributed by atoms with Gasteiger partial charge in [-0.25, -0.2) is 4.79 Å². The fourth-order valence-electron chi connectivity index (χ4n) is 3.62. The van der Waals surface area contributed by atoms with E-state index in [1.165, 1.54) is 32.1 Å². The molecule has 1 N–H and O–H groups in total. The summed E-state index contributed by atoms with van der Waals surface area (Å²) in [4.78, 5) is 14.4. The van der Waals surface area contributed by atoms with Gasteiger partial charge in [0.05, 0.1) is 12.6 Å². The zero-order valence-corrected chi connectivity index (χ0v) is 15.4. The number of ether oxygens (including phenoxy) is 1. The third kappa shape index (κ3) is 6.33. The fourth-order valence-corrected chi connectivity index (χ4v) is 3.62. The minimum Gasteiger partial charge on any atom is -0.444 e. The SMILES string of the molecule is CC(CC1CCCCC1)N(CC(O)C1CC1)C(=O)OC(C)(C)C. The number of rotatable bonds is 6. The summed E-state index contributed by atoms with van der Waals surface area (Å²) in [6.07, 6.45) is 9.04. The lowest BCUT2D eigenvalue weighted by atomic mass is 9.85. The molecule has 0 aromatic rings. The molecule has 0 aromatic heterocycles. The minimum absolute atomic E-state index is 0.126. The van der Waals surface area contributed by atoms with E-state index in [2.05, 4.69) is 6.92 Å². The number of aliphatic hydroxyl groups excluding tert-OH is 1. The smallest absolute Gasteiger partial charge is 0.410 e. The second-order valence-corrected chi connectivity index (χ2v) is 8.63. The highest BCUT2D eigenvalue weighted by Crippen LogP contribution is 2.34. The summed E-state index contributed by atoms with van der Waals surface area (Å²) in [5.74, 6) is 1.09. The van der Waals surface area contributed by atoms with Crippen LogP contribution in [0.2, 0.25) is 0 Å². The quantitative estimate of drug-likeness (QED) is 0.789. The molecule has 0 bridgehead atoms. The molecular formula is C19H35NO3. The molecule has 1 amide bonds. The van der Waals surface area contributed by atoms with Crippen LogP contribution in [0.15, 0.2) is 0 Å². The van der Waals surface area contributed by atoms with Crippen molar-refractivity contribution in [2.75, 3.05) is 6.54 Å². The van der Waals surface area contributed by atoms with Gasteiger partial charge in [0.25, 0.3) is 0 Å². The number of amides is 1. The molecule has 2 aliphatic carbocycles. The van der Waals surface area contributed by atoms with E-state index in [1.807, 2.05) is 20.8 Å². The van der Waals surface area contributed by atoms with Gasteiger partial charge in [0.15, 0.2) is 0 Å². The average Bonchev–Trinajstić information content (AvgIpc) is 3.28. The van der Waals surface area contributed by atoms with Crippen LogP contribution in [0.1, 0.15) is 79.1 Å². The van der Waals surface area contributed by atoms with Crippen molar-refractivity contribution in [1.82, 2.24) is 4.90 Å². The molecule has 0 aromatic carbocycles. The van der Waals surface area contributed by atoms with Gasteiger partial charge in [0.1, 0.15) is 5.60 Å². The summed E-state index contributed by atoms with van der Waals surface area (Å²) in [6.45, 7) is 8.20. The average molecular weight is 325 g/mol. The summed E-state index contributed by atoms with van der Waals surface area (Å²) in [6, 6.07) is 0.126. The topological polar surface area (TPSA) is 49.8 Å². The van der Waals surface area contributed by atoms with Gasteiger partial charge in [-0.05, 0) is 58.8 Å². The first kappa shape index (κ1) is 18.6. The minimum atomic E-state index is -0.496. The molecule has 2 fully saturated rings. The van der Waals surface area contributed by atoms with E-state index in [0.717, 1.165) is 19.3 Å². The number of hydrogen-bond acceptors (Lipinski definition) is 3. The molecule has 2 unspecified atom stereocenters. The van der Waals surface area contributed by atoms with Crippen LogP contribution in [0, 0.1) is 11.8 Å². The van der Waals surface area contributed by atoms with Crippen LogP contribution < -0.4 is 0 Å². The van der Waals surface area contributed by atoms with Crippen molar-refractivity contribution < 1.29 is 14.6 Å². The Hall–Kier alpha value is -0.770. The van der Waals surface area contributed by atoms with Gasteiger partial charge in [0, 0.05) is 6.04 Å². The van der Waals surface area contributed by atoms with E-state index >= 15 is 0 Å². The van der Waals surface area contributed by atoms with Gasteiger partial charge in [0.2, 0.25) is 0 Å². The molecule has 2 rings (SSSR count). The Morgan fingerprint density at radius 1 is 1.17 bits per heavy atom. The Kier molecular flexibility index (Phi) is 6.35. The summed E-state index contributed by atoms with van der Waals surface area (Å²) in [7, 11) is 0. The van der Waals surface area contributed by atoms with Crippen molar-refractivity contribution in [3.63, 3.8) is 0 Å². The molecule has 134 valence electrons. The first-order valence-electron chi connectivity index (χ1n) is 9.44. The molecule has 2 aliphatic rings. The molecule has 2 saturated carbocycles. The van der Waals surface area contributed by atoms with E-state index in [-0.39, 0.29) is 12.1 Å². The van der Waals surface area contributed by atoms with Gasteiger partial charge in [-0.15, -0.1) is 0 Å². The molecule has 4 heteroatoms. The standard InChI is InChI=1S/C19H35NO3/c1-14(12-15-8-6-5-7-9-15)20(13-17(21)16-10-11-16)18(22)23-19(2,3)4/h14-17,21H,5-13H2,1-4H3. The van der Waals surface area contributed by atoms with Crippen molar-refractivity contribution in [3.8, 4) is 0 Å². The second-order valence-electron chi connectivity index (χ2n) is 8.63. The largest absolute Gasteiger partial charge is 0.444 e. The second kappa shape index (κ2) is 7.87. The predicted molar refractivity (Wildman–Crippen MR) is 92.3 cm³/mol. The van der Waals surface area contributed by atoms with Gasteiger partial charge in [-0.3, -0.25) is 0 Å². The highest BCUT2D eigenvalue weighted by Gasteiger charge is 2.35. The van der Waals surface area contributed by atoms with E-state index in [1.54, 1.807) is 4.90 Å². The maximum absolute atomic E-state index is 12.6. The van der Waals surface area contributed by atoms with Gasteiger partial charge in [-0.2, -0.15) is 0 Å². The van der Waals surface area contributed by atoms with E-state index in [4.69, 9.17) is 4.74 Å². The van der Waals surface area contributed by atoms with Crippen LogP contribution in [-0.4, -0.2) is 40.4 Å². The lowest BCUT2D eigenvalue weighted by Gasteiger charge is -2.35. The van der Waals surface area contributed by atoms with Crippen LogP contribution >= 0.6 is 0 Å². The first-order valence-corrected chi connectivity index (χ1v) is 9.44. The first-order chi connectivity index (χ1) is 10.8. The van der Waals surface area contributed by atoms with E-state index in [9.17, 15) is 9.90 Å². The predicted octanol–water partition coefficient (Wildman–Crippen LogP) is 4.35. The maximum Gasteiger partial charge on any atom is 0.410 e. The van der Waals surface area contributed by atoms with Crippen molar-refractivity contribution in [3.05, 3.63) is 0 Å². The number of nitrogens with zero attached hydrogens (tertiary/aromatic N) is 1. The molecular weight excluding hydrogens is 290 g/mol. The molecule has 0 heterocycles. The lowest BCUT2D eigenvalue weighted by molar-refractivity contribution is 0.000117. The summed E-state index contributed by atoms with van der Waals surface area (Å²) >= 11 is 0. The molecule has 4 nitrogen and oxygen atoms in total. The lowest BCUT2D eigenvalue weighted by Crippen LogP contribution is -2.47. The summed E-state index contributed by atoms with van der Waals surface area (Å²) in [5, 5.41) is 10.3. The third-order valence-electron chi connectivity index (χ3n) is 5.11. The molecule has 2 atom stereocenters. The van der Waals surface area contributed by atoms with E-state index < -0.39 is 11.7 Å². The summed E-state index contributed by atoms with van der Waals surface area (Å²) in [5.41, 5.74) is -0.496. The Labute approximate surface area is 141 Å². The van der Waals surface area contributed by atoms with Crippen molar-refractivity contribution in [2.45, 2.75) is 96.8 Å². The van der Waals surface area contributed by atoms with Crippen LogP contribution in [0.3, 0.4) is 0 Å². The van der Waals surface area contributed by atoms with Crippen molar-refractivity contribution >= 4 is 6.09 Å². The highest BCUT2D eigenvalue weighted by atomic mass is 16.6. The van der Waals surface area contributed by atoms with Crippen LogP contribution in [-0.2, 0) is 4.74 Å². The molecule has 0 aliphatic heterocycles. The van der Waals surface area contributed by atoms with Crippen LogP contribution in [0.5, 0.6) is 0 Å². The van der Waals surface area contributed by atoms with Crippen LogP contribution in [0.4, 0.5) is 4.79 Å². The molecule has 23 heavy (non-hydrogen) atoms. The van der Waals surface area contributed by atoms with Gasteiger partial charge in [-0.1, -0.05) is 32.1 Å². The van der Waals surface area contributed by atoms with E-state index in [0.29, 0.717) is 18.4 Å². The Morgan fingerprint density at radius 2 is 1.78 bits per heavy atom. The van der Waals surface area contributed by atoms with Gasteiger partial charge >= 0.3 is 6.09 Å². The van der Waals surface area contributed by atoms with Crippen molar-refractivity contribution in [1.29, 1.82) is 0 Å². The van der Waals surface area contributed by atoms with Gasteiger partial charge < -0.3 is 14.7 Å². The molecule has 0 saturated heterocycles. The number of aliphatic hydroxyl groups is 1. The van der Waals surface area contributed by atoms with Crippen molar-refractivity contribution in [2.24, 2.45) is 11.8 Å². The monoisotopic (exact) mass is 325 g/mol. The molecule has 0 spiro atoms. The zero-order valence-electron chi connectivity index (χ0n) is 15.4. The normalized spacial score (nSPS) is 22.5. The fraction of sp³-hybridized carbons (Fsp3) is 0.947. The number of carbonyl (C=O) groups excluding carboxylic acids is 1. The Bertz CT molecular complexity index is 381. The zero-order chi connectivity index (χ0) is 17.0. The third-order valence-corrected chi connectivity index (χ3v) is 5.11. The number of hydrogen-bond donors (Lipinski definition) is 1. The Morgan fingerprint density at radius 3 is 2.30 bits per heavy atom.